The van der Waals surface area contributed by atoms with Crippen LogP contribution in [0.5, 0.6) is 0 Å². The molecule has 0 spiro atoms. The van der Waals surface area contributed by atoms with E-state index in [-0.39, 0.29) is 16.5 Å². The topological polar surface area (TPSA) is 83.4 Å². The van der Waals surface area contributed by atoms with Gasteiger partial charge in [-0.05, 0) is 24.0 Å². The summed E-state index contributed by atoms with van der Waals surface area (Å²) in [5.41, 5.74) is 0.803. The van der Waals surface area contributed by atoms with Gasteiger partial charge in [-0.2, -0.15) is 0 Å². The smallest absolute Gasteiger partial charge is 0.301 e. The van der Waals surface area contributed by atoms with E-state index >= 15 is 0 Å². The fourth-order valence-corrected chi connectivity index (χ4v) is 4.41. The second-order valence-corrected chi connectivity index (χ2v) is 8.15. The zero-order valence-electron chi connectivity index (χ0n) is 15.1. The molecule has 0 unspecified atom stereocenters. The van der Waals surface area contributed by atoms with Gasteiger partial charge in [-0.3, -0.25) is 14.5 Å². The molecule has 1 atom stereocenters. The number of hydrogen-bond donors (Lipinski definition) is 1. The van der Waals surface area contributed by atoms with Crippen molar-refractivity contribution in [1.29, 1.82) is 0 Å². The average Bonchev–Trinajstić information content (AvgIpc) is 3.32. The van der Waals surface area contributed by atoms with Crippen molar-refractivity contribution >= 4 is 45.7 Å². The zero-order valence-corrected chi connectivity index (χ0v) is 16.7. The molecule has 2 aromatic carbocycles. The number of benzene rings is 2. The van der Waals surface area contributed by atoms with Crippen LogP contribution in [0.1, 0.15) is 17.2 Å². The standard InChI is InChI=1S/C20H14FN3O3S2/c1-28-20-23-22-19(29-20)24-15(11-7-9-13(21)10-8-11)14(17(26)18(24)27)16(25)12-5-3-2-4-6-12/h2-10,15,25H,1H3/t15-/m0/s1. The highest BCUT2D eigenvalue weighted by molar-refractivity contribution is 8.00. The average molecular weight is 427 g/mol. The highest BCUT2D eigenvalue weighted by atomic mass is 32.2. The fourth-order valence-electron chi connectivity index (χ4n) is 3.12. The van der Waals surface area contributed by atoms with Gasteiger partial charge in [0.2, 0.25) is 5.13 Å². The minimum Gasteiger partial charge on any atom is -0.507 e. The molecule has 6 nitrogen and oxygen atoms in total. The molecule has 9 heteroatoms. The van der Waals surface area contributed by atoms with E-state index in [2.05, 4.69) is 10.2 Å². The first-order chi connectivity index (χ1) is 14.0. The summed E-state index contributed by atoms with van der Waals surface area (Å²) in [5, 5.41) is 19.1. The Labute approximate surface area is 173 Å². The number of ketones is 1. The van der Waals surface area contributed by atoms with E-state index in [0.717, 1.165) is 11.3 Å². The van der Waals surface area contributed by atoms with Crippen LogP contribution in [0, 0.1) is 5.82 Å². The molecule has 4 rings (SSSR count). The maximum Gasteiger partial charge on any atom is 0.301 e. The lowest BCUT2D eigenvalue weighted by molar-refractivity contribution is -0.132. The molecule has 146 valence electrons. The number of nitrogens with zero attached hydrogens (tertiary/aromatic N) is 3. The minimum atomic E-state index is -0.946. The van der Waals surface area contributed by atoms with Crippen molar-refractivity contribution in [3.8, 4) is 0 Å². The molecule has 0 bridgehead atoms. The summed E-state index contributed by atoms with van der Waals surface area (Å²) < 4.78 is 14.1. The molecule has 1 aliphatic rings. The van der Waals surface area contributed by atoms with E-state index < -0.39 is 23.5 Å². The zero-order chi connectivity index (χ0) is 20.5. The van der Waals surface area contributed by atoms with Crippen molar-refractivity contribution in [3.63, 3.8) is 0 Å². The summed E-state index contributed by atoms with van der Waals surface area (Å²) >= 11 is 2.53. The molecule has 1 aliphatic heterocycles. The second-order valence-electron chi connectivity index (χ2n) is 6.14. The van der Waals surface area contributed by atoms with Crippen molar-refractivity contribution in [2.24, 2.45) is 0 Å². The van der Waals surface area contributed by atoms with Crippen LogP contribution >= 0.6 is 23.1 Å². The first-order valence-corrected chi connectivity index (χ1v) is 10.5. The van der Waals surface area contributed by atoms with E-state index in [4.69, 9.17) is 0 Å². The highest BCUT2D eigenvalue weighted by Gasteiger charge is 2.48. The van der Waals surface area contributed by atoms with Gasteiger partial charge in [-0.25, -0.2) is 4.39 Å². The Morgan fingerprint density at radius 1 is 1.10 bits per heavy atom. The number of rotatable bonds is 4. The largest absolute Gasteiger partial charge is 0.507 e. The number of aliphatic hydroxyl groups is 1. The van der Waals surface area contributed by atoms with Crippen LogP contribution in [-0.4, -0.2) is 33.3 Å². The Bertz CT molecular complexity index is 1110. The molecule has 0 saturated carbocycles. The van der Waals surface area contributed by atoms with Crippen LogP contribution in [-0.2, 0) is 9.59 Å². The highest BCUT2D eigenvalue weighted by Crippen LogP contribution is 2.43. The van der Waals surface area contributed by atoms with E-state index in [1.54, 1.807) is 30.3 Å². The van der Waals surface area contributed by atoms with Gasteiger partial charge in [0.1, 0.15) is 11.6 Å². The van der Waals surface area contributed by atoms with Crippen molar-refractivity contribution in [2.45, 2.75) is 10.4 Å². The fraction of sp³-hybridized carbons (Fsp3) is 0.100. The van der Waals surface area contributed by atoms with Gasteiger partial charge in [0, 0.05) is 5.56 Å². The number of hydrogen-bond acceptors (Lipinski definition) is 7. The summed E-state index contributed by atoms with van der Waals surface area (Å²) in [7, 11) is 0. The predicted octanol–water partition coefficient (Wildman–Crippen LogP) is 4.03. The summed E-state index contributed by atoms with van der Waals surface area (Å²) in [6.45, 7) is 0. The number of amides is 1. The van der Waals surface area contributed by atoms with Crippen LogP contribution in [0.2, 0.25) is 0 Å². The van der Waals surface area contributed by atoms with Gasteiger partial charge in [0.15, 0.2) is 4.34 Å². The maximum atomic E-state index is 13.5. The number of aromatic nitrogens is 2. The molecule has 3 aromatic rings. The molecule has 2 heterocycles. The molecule has 1 aromatic heterocycles. The van der Waals surface area contributed by atoms with Crippen molar-refractivity contribution < 1.29 is 19.1 Å². The molecular formula is C20H14FN3O3S2. The van der Waals surface area contributed by atoms with Gasteiger partial charge in [0.05, 0.1) is 11.6 Å². The lowest BCUT2D eigenvalue weighted by Gasteiger charge is -2.22. The minimum absolute atomic E-state index is 0.0753. The number of Topliss-reactive ketones (excluding diaryl/α,β-unsaturated/α-hetero) is 1. The van der Waals surface area contributed by atoms with Crippen LogP contribution in [0.3, 0.4) is 0 Å². The van der Waals surface area contributed by atoms with Gasteiger partial charge >= 0.3 is 5.91 Å². The van der Waals surface area contributed by atoms with Crippen molar-refractivity contribution in [3.05, 3.63) is 77.1 Å². The van der Waals surface area contributed by atoms with Crippen LogP contribution in [0.25, 0.3) is 5.76 Å². The van der Waals surface area contributed by atoms with Gasteiger partial charge < -0.3 is 5.11 Å². The molecule has 1 fully saturated rings. The van der Waals surface area contributed by atoms with Crippen molar-refractivity contribution in [2.75, 3.05) is 11.2 Å². The Kier molecular flexibility index (Phi) is 5.16. The van der Waals surface area contributed by atoms with Crippen LogP contribution in [0.4, 0.5) is 9.52 Å². The molecular weight excluding hydrogens is 413 g/mol. The first kappa shape index (κ1) is 19.3. The maximum absolute atomic E-state index is 13.5. The van der Waals surface area contributed by atoms with E-state index in [9.17, 15) is 19.1 Å². The SMILES string of the molecule is CSc1nnc(N2C(=O)C(=O)C(=C(O)c3ccccc3)[C@@H]2c2ccc(F)cc2)s1. The van der Waals surface area contributed by atoms with Crippen LogP contribution < -0.4 is 4.90 Å². The number of carbonyl (C=O) groups excluding carboxylic acids is 2. The van der Waals surface area contributed by atoms with Crippen molar-refractivity contribution in [1.82, 2.24) is 10.2 Å². The quantitative estimate of drug-likeness (QED) is 0.223. The number of thioether (sulfide) groups is 1. The Morgan fingerprint density at radius 2 is 1.79 bits per heavy atom. The molecule has 1 saturated heterocycles. The predicted molar refractivity (Wildman–Crippen MR) is 109 cm³/mol. The van der Waals surface area contributed by atoms with Crippen LogP contribution in [0.15, 0.2) is 64.5 Å². The summed E-state index contributed by atoms with van der Waals surface area (Å²) in [5.74, 6) is -2.40. The summed E-state index contributed by atoms with van der Waals surface area (Å²) in [4.78, 5) is 27.0. The molecule has 1 N–H and O–H groups in total. The van der Waals surface area contributed by atoms with E-state index in [1.807, 2.05) is 6.26 Å². The third-order valence-corrected chi connectivity index (χ3v) is 6.35. The summed E-state index contributed by atoms with van der Waals surface area (Å²) in [6, 6.07) is 13.0. The van der Waals surface area contributed by atoms with Gasteiger partial charge in [0.25, 0.3) is 5.78 Å². The number of anilines is 1. The first-order valence-electron chi connectivity index (χ1n) is 8.50. The third kappa shape index (κ3) is 3.43. The normalized spacial score (nSPS) is 18.4. The molecule has 0 aliphatic carbocycles. The Hall–Kier alpha value is -3.04. The Morgan fingerprint density at radius 3 is 2.41 bits per heavy atom. The molecule has 0 radical (unpaired) electrons. The van der Waals surface area contributed by atoms with Gasteiger partial charge in [-0.15, -0.1) is 10.2 Å². The lowest BCUT2D eigenvalue weighted by Crippen LogP contribution is -2.29. The second kappa shape index (κ2) is 7.76. The number of halogens is 1. The number of carbonyl (C=O) groups is 2. The Balaban J connectivity index is 1.93. The summed E-state index contributed by atoms with van der Waals surface area (Å²) in [6.07, 6.45) is 1.82. The lowest BCUT2D eigenvalue weighted by atomic mass is 9.95. The third-order valence-electron chi connectivity index (χ3n) is 4.45. The van der Waals surface area contributed by atoms with E-state index in [1.165, 1.54) is 40.9 Å². The van der Waals surface area contributed by atoms with Gasteiger partial charge in [-0.1, -0.05) is 65.6 Å². The monoisotopic (exact) mass is 427 g/mol. The van der Waals surface area contributed by atoms with E-state index in [0.29, 0.717) is 15.5 Å². The molecule has 29 heavy (non-hydrogen) atoms. The molecule has 1 amide bonds. The number of aliphatic hydroxyl groups excluding tert-OH is 1.